The fraction of sp³-hybridized carbons (Fsp3) is 0.158. The van der Waals surface area contributed by atoms with Gasteiger partial charge in [0.1, 0.15) is 17.6 Å². The molecular weight excluding hydrogens is 402 g/mol. The summed E-state index contributed by atoms with van der Waals surface area (Å²) in [6, 6.07) is 14.7. The number of nitrogens with one attached hydrogen (secondary N) is 1. The Kier molecular flexibility index (Phi) is 6.67. The summed E-state index contributed by atoms with van der Waals surface area (Å²) in [5, 5.41) is 19.5. The predicted octanol–water partition coefficient (Wildman–Crippen LogP) is 3.32. The second-order valence-electron chi connectivity index (χ2n) is 5.80. The maximum Gasteiger partial charge on any atom is 0.305 e. The van der Waals surface area contributed by atoms with Crippen molar-refractivity contribution in [2.75, 3.05) is 0 Å². The molecule has 0 aromatic heterocycles. The molecule has 1 saturated heterocycles. The topological polar surface area (TPSA) is 100 Å². The number of amides is 1. The molecule has 3 rings (SSSR count). The molecule has 1 aliphatic rings. The third kappa shape index (κ3) is 5.58. The first kappa shape index (κ1) is 19.9. The number of aliphatic carboxylic acids is 1. The molecule has 1 unspecified atom stereocenters. The molecule has 2 aromatic rings. The van der Waals surface area contributed by atoms with E-state index < -0.39 is 11.2 Å². The van der Waals surface area contributed by atoms with Gasteiger partial charge in [0.05, 0.1) is 12.6 Å². The van der Waals surface area contributed by atoms with Crippen molar-refractivity contribution in [1.29, 1.82) is 0 Å². The van der Waals surface area contributed by atoms with E-state index >= 15 is 0 Å². The van der Waals surface area contributed by atoms with E-state index in [0.29, 0.717) is 22.9 Å². The van der Waals surface area contributed by atoms with E-state index in [2.05, 4.69) is 15.5 Å². The Bertz CT molecular complexity index is 948. The number of amidine groups is 1. The van der Waals surface area contributed by atoms with E-state index in [-0.39, 0.29) is 17.5 Å². The first-order valence-electron chi connectivity index (χ1n) is 8.28. The van der Waals surface area contributed by atoms with Gasteiger partial charge in [-0.3, -0.25) is 9.59 Å². The van der Waals surface area contributed by atoms with Gasteiger partial charge in [-0.15, -0.1) is 5.10 Å². The number of thioether (sulfide) groups is 1. The second-order valence-corrected chi connectivity index (χ2v) is 7.43. The average molecular weight is 418 g/mol. The SMILES string of the molecule is O=C(O)CC1SC(=NN=Cc2ccccc2OCc2cccc(Cl)c2)NC1=O. The molecule has 7 nitrogen and oxygen atoms in total. The van der Waals surface area contributed by atoms with Crippen LogP contribution in [0.1, 0.15) is 17.5 Å². The minimum Gasteiger partial charge on any atom is -0.488 e. The van der Waals surface area contributed by atoms with E-state index in [4.69, 9.17) is 21.4 Å². The molecule has 1 aliphatic heterocycles. The summed E-state index contributed by atoms with van der Waals surface area (Å²) in [4.78, 5) is 22.4. The van der Waals surface area contributed by atoms with Crippen LogP contribution < -0.4 is 10.1 Å². The van der Waals surface area contributed by atoms with Crippen molar-refractivity contribution in [2.45, 2.75) is 18.3 Å². The highest BCUT2D eigenvalue weighted by molar-refractivity contribution is 8.15. The summed E-state index contributed by atoms with van der Waals surface area (Å²) >= 11 is 7.03. The summed E-state index contributed by atoms with van der Waals surface area (Å²) in [5.41, 5.74) is 1.65. The van der Waals surface area contributed by atoms with Crippen LogP contribution in [0.2, 0.25) is 5.02 Å². The maximum absolute atomic E-state index is 11.7. The molecule has 1 atom stereocenters. The highest BCUT2D eigenvalue weighted by Crippen LogP contribution is 2.23. The Labute approximate surface area is 170 Å². The summed E-state index contributed by atoms with van der Waals surface area (Å²) in [6.45, 7) is 0.350. The van der Waals surface area contributed by atoms with Crippen molar-refractivity contribution in [3.8, 4) is 5.75 Å². The fourth-order valence-corrected chi connectivity index (χ4v) is 3.52. The van der Waals surface area contributed by atoms with Gasteiger partial charge >= 0.3 is 5.97 Å². The lowest BCUT2D eigenvalue weighted by molar-refractivity contribution is -0.138. The van der Waals surface area contributed by atoms with Crippen LogP contribution in [0.4, 0.5) is 0 Å². The van der Waals surface area contributed by atoms with Crippen LogP contribution in [0.5, 0.6) is 5.75 Å². The largest absolute Gasteiger partial charge is 0.488 e. The Morgan fingerprint density at radius 1 is 1.29 bits per heavy atom. The number of para-hydroxylation sites is 1. The number of nitrogens with zero attached hydrogens (tertiary/aromatic N) is 2. The summed E-state index contributed by atoms with van der Waals surface area (Å²) in [5.74, 6) is -0.798. The van der Waals surface area contributed by atoms with Crippen molar-refractivity contribution in [3.05, 3.63) is 64.7 Å². The Balaban J connectivity index is 1.64. The van der Waals surface area contributed by atoms with Gasteiger partial charge in [-0.25, -0.2) is 0 Å². The quantitative estimate of drug-likeness (QED) is 0.531. The van der Waals surface area contributed by atoms with Crippen molar-refractivity contribution in [2.24, 2.45) is 10.2 Å². The first-order valence-corrected chi connectivity index (χ1v) is 9.53. The molecule has 1 amide bonds. The Morgan fingerprint density at radius 3 is 2.89 bits per heavy atom. The zero-order valence-electron chi connectivity index (χ0n) is 14.5. The molecule has 2 aromatic carbocycles. The van der Waals surface area contributed by atoms with Gasteiger partial charge in [-0.2, -0.15) is 5.10 Å². The smallest absolute Gasteiger partial charge is 0.305 e. The van der Waals surface area contributed by atoms with Crippen LogP contribution >= 0.6 is 23.4 Å². The molecule has 28 heavy (non-hydrogen) atoms. The minimum atomic E-state index is -1.04. The van der Waals surface area contributed by atoms with Gasteiger partial charge in [0.15, 0.2) is 5.17 Å². The van der Waals surface area contributed by atoms with E-state index in [0.717, 1.165) is 17.3 Å². The van der Waals surface area contributed by atoms with Gasteiger partial charge in [0.25, 0.3) is 0 Å². The molecule has 2 N–H and O–H groups in total. The monoisotopic (exact) mass is 417 g/mol. The van der Waals surface area contributed by atoms with Crippen molar-refractivity contribution in [3.63, 3.8) is 0 Å². The average Bonchev–Trinajstić information content (AvgIpc) is 2.99. The van der Waals surface area contributed by atoms with Gasteiger partial charge in [0.2, 0.25) is 5.91 Å². The van der Waals surface area contributed by atoms with E-state index in [1.54, 1.807) is 6.07 Å². The van der Waals surface area contributed by atoms with E-state index in [1.165, 1.54) is 6.21 Å². The number of hydrogen-bond donors (Lipinski definition) is 2. The molecular formula is C19H16ClN3O4S. The maximum atomic E-state index is 11.7. The van der Waals surface area contributed by atoms with Crippen LogP contribution in [-0.2, 0) is 16.2 Å². The lowest BCUT2D eigenvalue weighted by atomic mass is 10.2. The first-order chi connectivity index (χ1) is 13.5. The molecule has 0 saturated carbocycles. The summed E-state index contributed by atoms with van der Waals surface area (Å²) in [6.07, 6.45) is 1.25. The van der Waals surface area contributed by atoms with Crippen LogP contribution in [0.15, 0.2) is 58.7 Å². The third-order valence-electron chi connectivity index (χ3n) is 3.68. The highest BCUT2D eigenvalue weighted by atomic mass is 35.5. The fourth-order valence-electron chi connectivity index (χ4n) is 2.40. The number of rotatable bonds is 7. The molecule has 0 spiro atoms. The molecule has 0 aliphatic carbocycles. The Morgan fingerprint density at radius 2 is 2.11 bits per heavy atom. The third-order valence-corrected chi connectivity index (χ3v) is 4.99. The number of carbonyl (C=O) groups is 2. The zero-order valence-corrected chi connectivity index (χ0v) is 16.1. The van der Waals surface area contributed by atoms with E-state index in [1.807, 2.05) is 42.5 Å². The summed E-state index contributed by atoms with van der Waals surface area (Å²) < 4.78 is 5.84. The molecule has 9 heteroatoms. The van der Waals surface area contributed by atoms with E-state index in [9.17, 15) is 9.59 Å². The second kappa shape index (κ2) is 9.38. The molecule has 1 heterocycles. The lowest BCUT2D eigenvalue weighted by Gasteiger charge is -2.09. The molecule has 144 valence electrons. The Hall–Kier alpha value is -2.84. The molecule has 0 radical (unpaired) electrons. The molecule has 1 fully saturated rings. The van der Waals surface area contributed by atoms with Crippen molar-refractivity contribution in [1.82, 2.24) is 5.32 Å². The van der Waals surface area contributed by atoms with Crippen LogP contribution in [-0.4, -0.2) is 33.6 Å². The van der Waals surface area contributed by atoms with Gasteiger partial charge in [-0.05, 0) is 29.8 Å². The number of carboxylic acid groups (broad SMARTS) is 1. The number of hydrogen-bond acceptors (Lipinski definition) is 6. The number of benzene rings is 2. The number of carbonyl (C=O) groups excluding carboxylic acids is 1. The highest BCUT2D eigenvalue weighted by Gasteiger charge is 2.32. The van der Waals surface area contributed by atoms with Crippen LogP contribution in [0.3, 0.4) is 0 Å². The van der Waals surface area contributed by atoms with Gasteiger partial charge in [0, 0.05) is 10.6 Å². The number of ether oxygens (including phenoxy) is 1. The normalized spacial score (nSPS) is 17.8. The predicted molar refractivity (Wildman–Crippen MR) is 109 cm³/mol. The molecule has 0 bridgehead atoms. The van der Waals surface area contributed by atoms with Gasteiger partial charge < -0.3 is 15.2 Å². The minimum absolute atomic E-state index is 0.264. The standard InChI is InChI=1S/C19H16ClN3O4S/c20-14-6-3-4-12(8-14)11-27-15-7-2-1-5-13(15)10-21-23-19-22-18(26)16(28-19)9-17(24)25/h1-8,10,16H,9,11H2,(H,24,25)(H,22,23,26). The van der Waals surface area contributed by atoms with Crippen molar-refractivity contribution < 1.29 is 19.4 Å². The van der Waals surface area contributed by atoms with Crippen LogP contribution in [0, 0.1) is 0 Å². The van der Waals surface area contributed by atoms with Crippen LogP contribution in [0.25, 0.3) is 0 Å². The van der Waals surface area contributed by atoms with Crippen molar-refractivity contribution >= 4 is 46.6 Å². The summed E-state index contributed by atoms with van der Waals surface area (Å²) in [7, 11) is 0. The number of carboxylic acids is 1. The number of halogens is 1. The van der Waals surface area contributed by atoms with Gasteiger partial charge in [-0.1, -0.05) is 47.6 Å². The zero-order chi connectivity index (χ0) is 19.9. The lowest BCUT2D eigenvalue weighted by Crippen LogP contribution is -2.26.